The first kappa shape index (κ1) is 22.6. The number of halogens is 2. The van der Waals surface area contributed by atoms with Crippen LogP contribution in [0.4, 0.5) is 20.3 Å². The predicted octanol–water partition coefficient (Wildman–Crippen LogP) is 3.64. The standard InChI is InChI=1S/C25H22F2N6O2/c1-35-25-22(32-24(34)18-4-3-17(26)12-20(18)27)11-16(13-29-25)15-2-5-21-19(10-15)23(31-14-30-21)33-8-6-28-7-9-33/h2-5,10-14,28H,6-9H2,1H3,(H,32,34). The van der Waals surface area contributed by atoms with Gasteiger partial charge in [-0.2, -0.15) is 0 Å². The number of carbonyl (C=O) groups is 1. The molecule has 1 aliphatic heterocycles. The van der Waals surface area contributed by atoms with Gasteiger partial charge in [0.2, 0.25) is 5.88 Å². The van der Waals surface area contributed by atoms with E-state index in [-0.39, 0.29) is 17.1 Å². The first-order valence-electron chi connectivity index (χ1n) is 11.0. The van der Waals surface area contributed by atoms with Gasteiger partial charge in [-0.25, -0.2) is 23.7 Å². The molecule has 35 heavy (non-hydrogen) atoms. The Bertz CT molecular complexity index is 1410. The molecule has 4 aromatic rings. The van der Waals surface area contributed by atoms with Crippen molar-refractivity contribution in [2.75, 3.05) is 43.5 Å². The Hall–Kier alpha value is -4.18. The van der Waals surface area contributed by atoms with Crippen molar-refractivity contribution in [1.82, 2.24) is 20.3 Å². The van der Waals surface area contributed by atoms with Gasteiger partial charge in [0.15, 0.2) is 0 Å². The van der Waals surface area contributed by atoms with Gasteiger partial charge in [-0.05, 0) is 35.9 Å². The van der Waals surface area contributed by atoms with E-state index in [2.05, 4.69) is 30.5 Å². The quantitative estimate of drug-likeness (QED) is 0.454. The van der Waals surface area contributed by atoms with Crippen molar-refractivity contribution in [3.63, 3.8) is 0 Å². The van der Waals surface area contributed by atoms with Gasteiger partial charge in [-0.15, -0.1) is 0 Å². The van der Waals surface area contributed by atoms with Crippen LogP contribution in [0.2, 0.25) is 0 Å². The van der Waals surface area contributed by atoms with Gasteiger partial charge in [-0.3, -0.25) is 4.79 Å². The Balaban J connectivity index is 1.51. The molecule has 1 aliphatic rings. The number of hydrogen-bond donors (Lipinski definition) is 2. The highest BCUT2D eigenvalue weighted by Gasteiger charge is 2.18. The third kappa shape index (κ3) is 4.60. The van der Waals surface area contributed by atoms with Crippen LogP contribution in [-0.2, 0) is 0 Å². The van der Waals surface area contributed by atoms with Crippen molar-refractivity contribution >= 4 is 28.3 Å². The van der Waals surface area contributed by atoms with Crippen LogP contribution in [0.1, 0.15) is 10.4 Å². The van der Waals surface area contributed by atoms with Gasteiger partial charge >= 0.3 is 0 Å². The lowest BCUT2D eigenvalue weighted by Gasteiger charge is -2.29. The molecule has 0 spiro atoms. The van der Waals surface area contributed by atoms with Crippen LogP contribution in [0.15, 0.2) is 55.0 Å². The number of pyridine rings is 1. The van der Waals surface area contributed by atoms with Crippen LogP contribution >= 0.6 is 0 Å². The fourth-order valence-corrected chi connectivity index (χ4v) is 4.08. The SMILES string of the molecule is COc1ncc(-c2ccc3ncnc(N4CCNCC4)c3c2)cc1NC(=O)c1ccc(F)cc1F. The Labute approximate surface area is 200 Å². The van der Waals surface area contributed by atoms with Gasteiger partial charge in [0.25, 0.3) is 5.91 Å². The lowest BCUT2D eigenvalue weighted by Crippen LogP contribution is -2.44. The maximum atomic E-state index is 14.1. The minimum absolute atomic E-state index is 0.162. The molecule has 5 rings (SSSR count). The molecule has 1 fully saturated rings. The van der Waals surface area contributed by atoms with Gasteiger partial charge in [0, 0.05) is 49.4 Å². The van der Waals surface area contributed by atoms with Gasteiger partial charge in [0.05, 0.1) is 18.2 Å². The average Bonchev–Trinajstić information content (AvgIpc) is 2.88. The number of nitrogens with zero attached hydrogens (tertiary/aromatic N) is 4. The molecule has 1 saturated heterocycles. The zero-order chi connectivity index (χ0) is 24.4. The molecule has 0 unspecified atom stereocenters. The fourth-order valence-electron chi connectivity index (χ4n) is 4.08. The molecule has 2 N–H and O–H groups in total. The number of benzene rings is 2. The maximum absolute atomic E-state index is 14.1. The second-order valence-electron chi connectivity index (χ2n) is 8.03. The van der Waals surface area contributed by atoms with Crippen LogP contribution in [0.25, 0.3) is 22.0 Å². The Morgan fingerprint density at radius 2 is 1.86 bits per heavy atom. The maximum Gasteiger partial charge on any atom is 0.258 e. The van der Waals surface area contributed by atoms with Crippen molar-refractivity contribution in [1.29, 1.82) is 0 Å². The number of hydrogen-bond acceptors (Lipinski definition) is 7. The van der Waals surface area contributed by atoms with Crippen LogP contribution in [-0.4, -0.2) is 54.1 Å². The highest BCUT2D eigenvalue weighted by Crippen LogP contribution is 2.32. The number of fused-ring (bicyclic) bond motifs is 1. The van der Waals surface area contributed by atoms with Gasteiger partial charge < -0.3 is 20.3 Å². The molecule has 0 bridgehead atoms. The molecule has 0 aliphatic carbocycles. The molecule has 3 heterocycles. The number of aromatic nitrogens is 3. The zero-order valence-electron chi connectivity index (χ0n) is 18.9. The first-order valence-corrected chi connectivity index (χ1v) is 11.0. The van der Waals surface area contributed by atoms with Crippen molar-refractivity contribution in [2.45, 2.75) is 0 Å². The number of anilines is 2. The highest BCUT2D eigenvalue weighted by atomic mass is 19.1. The summed E-state index contributed by atoms with van der Waals surface area (Å²) in [6.45, 7) is 3.45. The van der Waals surface area contributed by atoms with Crippen molar-refractivity contribution in [3.05, 3.63) is 72.2 Å². The molecular formula is C25H22F2N6O2. The van der Waals surface area contributed by atoms with Crippen LogP contribution < -0.4 is 20.3 Å². The topological polar surface area (TPSA) is 92.3 Å². The Morgan fingerprint density at radius 3 is 2.63 bits per heavy atom. The lowest BCUT2D eigenvalue weighted by molar-refractivity contribution is 0.102. The summed E-state index contributed by atoms with van der Waals surface area (Å²) in [6.07, 6.45) is 3.19. The van der Waals surface area contributed by atoms with Crippen LogP contribution in [0.5, 0.6) is 5.88 Å². The van der Waals surface area contributed by atoms with E-state index in [1.807, 2.05) is 18.2 Å². The van der Waals surface area contributed by atoms with Crippen molar-refractivity contribution in [2.24, 2.45) is 0 Å². The number of nitrogens with one attached hydrogen (secondary N) is 2. The molecule has 0 saturated carbocycles. The largest absolute Gasteiger partial charge is 0.480 e. The van der Waals surface area contributed by atoms with E-state index in [1.54, 1.807) is 18.6 Å². The summed E-state index contributed by atoms with van der Waals surface area (Å²) >= 11 is 0. The molecule has 2 aromatic heterocycles. The second-order valence-corrected chi connectivity index (χ2v) is 8.03. The number of piperazine rings is 1. The van der Waals surface area contributed by atoms with E-state index in [4.69, 9.17) is 4.74 Å². The molecule has 2 aromatic carbocycles. The van der Waals surface area contributed by atoms with E-state index in [9.17, 15) is 13.6 Å². The molecule has 0 radical (unpaired) electrons. The number of carbonyl (C=O) groups excluding carboxylic acids is 1. The lowest BCUT2D eigenvalue weighted by atomic mass is 10.0. The number of rotatable bonds is 5. The van der Waals surface area contributed by atoms with Crippen LogP contribution in [0.3, 0.4) is 0 Å². The number of methoxy groups -OCH3 is 1. The smallest absolute Gasteiger partial charge is 0.258 e. The molecule has 10 heteroatoms. The molecule has 0 atom stereocenters. The summed E-state index contributed by atoms with van der Waals surface area (Å²) in [4.78, 5) is 28.1. The minimum atomic E-state index is -0.958. The molecular weight excluding hydrogens is 454 g/mol. The Kier molecular flexibility index (Phi) is 6.19. The summed E-state index contributed by atoms with van der Waals surface area (Å²) < 4.78 is 32.6. The highest BCUT2D eigenvalue weighted by molar-refractivity contribution is 6.05. The monoisotopic (exact) mass is 476 g/mol. The average molecular weight is 476 g/mol. The summed E-state index contributed by atoms with van der Waals surface area (Å²) in [5.74, 6) is -1.44. The third-order valence-electron chi connectivity index (χ3n) is 5.83. The van der Waals surface area contributed by atoms with E-state index < -0.39 is 17.5 Å². The van der Waals surface area contributed by atoms with E-state index in [1.165, 1.54) is 7.11 Å². The van der Waals surface area contributed by atoms with Gasteiger partial charge in [0.1, 0.15) is 29.5 Å². The van der Waals surface area contributed by atoms with E-state index in [0.717, 1.165) is 60.6 Å². The van der Waals surface area contributed by atoms with E-state index in [0.29, 0.717) is 11.6 Å². The molecule has 8 nitrogen and oxygen atoms in total. The van der Waals surface area contributed by atoms with Crippen molar-refractivity contribution < 1.29 is 18.3 Å². The molecule has 178 valence electrons. The minimum Gasteiger partial charge on any atom is -0.480 e. The zero-order valence-corrected chi connectivity index (χ0v) is 18.9. The summed E-state index contributed by atoms with van der Waals surface area (Å²) in [7, 11) is 1.42. The summed E-state index contributed by atoms with van der Waals surface area (Å²) in [6, 6.07) is 10.3. The van der Waals surface area contributed by atoms with E-state index >= 15 is 0 Å². The number of ether oxygens (including phenoxy) is 1. The predicted molar refractivity (Wildman–Crippen MR) is 129 cm³/mol. The Morgan fingerprint density at radius 1 is 1.03 bits per heavy atom. The number of amides is 1. The fraction of sp³-hybridized carbons (Fsp3) is 0.200. The summed E-state index contributed by atoms with van der Waals surface area (Å²) in [5, 5.41) is 6.86. The third-order valence-corrected chi connectivity index (χ3v) is 5.83. The molecule has 1 amide bonds. The van der Waals surface area contributed by atoms with Gasteiger partial charge in [-0.1, -0.05) is 6.07 Å². The normalized spacial score (nSPS) is 13.6. The van der Waals surface area contributed by atoms with Crippen molar-refractivity contribution in [3.8, 4) is 17.0 Å². The second kappa shape index (κ2) is 9.59. The first-order chi connectivity index (χ1) is 17.0. The van der Waals surface area contributed by atoms with Crippen LogP contribution in [0, 0.1) is 11.6 Å². The summed E-state index contributed by atoms with van der Waals surface area (Å²) in [5.41, 5.74) is 2.33.